The van der Waals surface area contributed by atoms with Crippen molar-refractivity contribution in [3.8, 4) is 0 Å². The fourth-order valence-electron chi connectivity index (χ4n) is 1.43. The van der Waals surface area contributed by atoms with Crippen LogP contribution >= 0.6 is 0 Å². The van der Waals surface area contributed by atoms with Crippen LogP contribution in [0.3, 0.4) is 0 Å². The molecule has 0 aliphatic rings. The van der Waals surface area contributed by atoms with E-state index in [2.05, 4.69) is 46.9 Å². The monoisotopic (exact) mass is 291 g/mol. The third kappa shape index (κ3) is 12.8. The van der Waals surface area contributed by atoms with Gasteiger partial charge in [0.15, 0.2) is 0 Å². The maximum atomic E-state index is 11.7. The lowest BCUT2D eigenvalue weighted by molar-refractivity contribution is 0.0907. The third-order valence-electron chi connectivity index (χ3n) is 3.16. The SMILES string of the molecule is CC(C)[C@@H](C)COCCCS(=O)CCNC(C)(C)C. The Labute approximate surface area is 122 Å². The molecule has 0 fully saturated rings. The van der Waals surface area contributed by atoms with E-state index in [1.165, 1.54) is 0 Å². The van der Waals surface area contributed by atoms with Crippen LogP contribution in [0.2, 0.25) is 0 Å². The van der Waals surface area contributed by atoms with E-state index in [-0.39, 0.29) is 5.54 Å². The van der Waals surface area contributed by atoms with Gasteiger partial charge in [0.1, 0.15) is 0 Å². The topological polar surface area (TPSA) is 38.3 Å². The highest BCUT2D eigenvalue weighted by Gasteiger charge is 2.09. The largest absolute Gasteiger partial charge is 0.381 e. The minimum atomic E-state index is -0.720. The second kappa shape index (κ2) is 9.89. The highest BCUT2D eigenvalue weighted by atomic mass is 32.2. The van der Waals surface area contributed by atoms with Gasteiger partial charge in [-0.2, -0.15) is 0 Å². The Hall–Kier alpha value is 0.0700. The summed E-state index contributed by atoms with van der Waals surface area (Å²) in [6.07, 6.45) is 0.896. The molecular weight excluding hydrogens is 258 g/mol. The average molecular weight is 292 g/mol. The molecule has 19 heavy (non-hydrogen) atoms. The first-order valence-corrected chi connectivity index (χ1v) is 8.89. The molecule has 0 aromatic rings. The smallest absolute Gasteiger partial charge is 0.0494 e. The Balaban J connectivity index is 3.44. The second-order valence-corrected chi connectivity index (χ2v) is 8.37. The molecule has 0 amide bonds. The van der Waals surface area contributed by atoms with Crippen LogP contribution in [0.25, 0.3) is 0 Å². The summed E-state index contributed by atoms with van der Waals surface area (Å²) in [5, 5.41) is 3.36. The van der Waals surface area contributed by atoms with Gasteiger partial charge in [-0.05, 0) is 39.0 Å². The van der Waals surface area contributed by atoms with Crippen molar-refractivity contribution < 1.29 is 8.95 Å². The molecule has 3 nitrogen and oxygen atoms in total. The molecule has 4 heteroatoms. The van der Waals surface area contributed by atoms with Gasteiger partial charge in [-0.3, -0.25) is 4.21 Å². The first-order valence-electron chi connectivity index (χ1n) is 7.40. The molecule has 0 saturated carbocycles. The van der Waals surface area contributed by atoms with E-state index in [4.69, 9.17) is 4.74 Å². The molecule has 0 aliphatic heterocycles. The zero-order valence-electron chi connectivity index (χ0n) is 13.6. The maximum absolute atomic E-state index is 11.7. The lowest BCUT2D eigenvalue weighted by Gasteiger charge is -2.20. The molecule has 0 aromatic carbocycles. The third-order valence-corrected chi connectivity index (χ3v) is 4.57. The molecular formula is C15H33NO2S. The maximum Gasteiger partial charge on any atom is 0.0494 e. The molecule has 0 radical (unpaired) electrons. The van der Waals surface area contributed by atoms with Gasteiger partial charge in [-0.25, -0.2) is 0 Å². The van der Waals surface area contributed by atoms with Gasteiger partial charge < -0.3 is 10.1 Å². The Bertz CT molecular complexity index is 249. The van der Waals surface area contributed by atoms with Crippen LogP contribution in [0.1, 0.15) is 48.0 Å². The molecule has 0 heterocycles. The van der Waals surface area contributed by atoms with Crippen LogP contribution in [0, 0.1) is 11.8 Å². The van der Waals surface area contributed by atoms with Crippen molar-refractivity contribution in [3.63, 3.8) is 0 Å². The zero-order valence-corrected chi connectivity index (χ0v) is 14.4. The van der Waals surface area contributed by atoms with Gasteiger partial charge in [0, 0.05) is 47.6 Å². The molecule has 1 unspecified atom stereocenters. The summed E-state index contributed by atoms with van der Waals surface area (Å²) in [5.74, 6) is 2.75. The van der Waals surface area contributed by atoms with Crippen molar-refractivity contribution in [2.45, 2.75) is 53.5 Å². The molecule has 0 bridgehead atoms. The van der Waals surface area contributed by atoms with Crippen molar-refractivity contribution in [1.82, 2.24) is 5.32 Å². The normalized spacial score (nSPS) is 15.7. The van der Waals surface area contributed by atoms with Crippen LogP contribution in [-0.2, 0) is 15.5 Å². The first-order chi connectivity index (χ1) is 8.72. The van der Waals surface area contributed by atoms with E-state index < -0.39 is 10.8 Å². The van der Waals surface area contributed by atoms with Crippen molar-refractivity contribution in [2.24, 2.45) is 11.8 Å². The summed E-state index contributed by atoms with van der Waals surface area (Å²) in [7, 11) is -0.720. The van der Waals surface area contributed by atoms with Crippen LogP contribution in [0.4, 0.5) is 0 Å². The fourth-order valence-corrected chi connectivity index (χ4v) is 2.40. The van der Waals surface area contributed by atoms with Crippen LogP contribution in [0.5, 0.6) is 0 Å². The Kier molecular flexibility index (Phi) is 9.93. The average Bonchev–Trinajstić information content (AvgIpc) is 2.26. The Morgan fingerprint density at radius 1 is 1.16 bits per heavy atom. The van der Waals surface area contributed by atoms with Crippen molar-refractivity contribution in [2.75, 3.05) is 31.3 Å². The highest BCUT2D eigenvalue weighted by molar-refractivity contribution is 7.84. The number of nitrogens with one attached hydrogen (secondary N) is 1. The summed E-state index contributed by atoms with van der Waals surface area (Å²) in [6, 6.07) is 0. The molecule has 1 N–H and O–H groups in total. The van der Waals surface area contributed by atoms with Crippen molar-refractivity contribution >= 4 is 10.8 Å². The summed E-state index contributed by atoms with van der Waals surface area (Å²) >= 11 is 0. The molecule has 0 aromatic heterocycles. The van der Waals surface area contributed by atoms with Crippen molar-refractivity contribution in [1.29, 1.82) is 0 Å². The predicted molar refractivity (Wildman–Crippen MR) is 85.1 cm³/mol. The van der Waals surface area contributed by atoms with Gasteiger partial charge in [0.25, 0.3) is 0 Å². The molecule has 2 atom stereocenters. The van der Waals surface area contributed by atoms with E-state index in [0.29, 0.717) is 11.8 Å². The van der Waals surface area contributed by atoms with E-state index in [1.54, 1.807) is 0 Å². The summed E-state index contributed by atoms with van der Waals surface area (Å²) in [5.41, 5.74) is 0.111. The van der Waals surface area contributed by atoms with Crippen LogP contribution < -0.4 is 5.32 Å². The van der Waals surface area contributed by atoms with Gasteiger partial charge in [-0.1, -0.05) is 20.8 Å². The molecule has 0 aliphatic carbocycles. The molecule has 0 rings (SSSR count). The lowest BCUT2D eigenvalue weighted by Crippen LogP contribution is -2.38. The lowest BCUT2D eigenvalue weighted by atomic mass is 9.99. The molecule has 116 valence electrons. The van der Waals surface area contributed by atoms with Crippen LogP contribution in [0.15, 0.2) is 0 Å². The second-order valence-electron chi connectivity index (χ2n) is 6.67. The quantitative estimate of drug-likeness (QED) is 0.629. The van der Waals surface area contributed by atoms with Gasteiger partial charge in [0.2, 0.25) is 0 Å². The first kappa shape index (κ1) is 19.1. The number of hydrogen-bond donors (Lipinski definition) is 1. The van der Waals surface area contributed by atoms with Gasteiger partial charge in [0.05, 0.1) is 0 Å². The highest BCUT2D eigenvalue weighted by Crippen LogP contribution is 2.09. The fraction of sp³-hybridized carbons (Fsp3) is 1.00. The Morgan fingerprint density at radius 2 is 1.79 bits per heavy atom. The number of hydrogen-bond acceptors (Lipinski definition) is 3. The Morgan fingerprint density at radius 3 is 2.32 bits per heavy atom. The van der Waals surface area contributed by atoms with E-state index in [9.17, 15) is 4.21 Å². The van der Waals surface area contributed by atoms with Crippen molar-refractivity contribution in [3.05, 3.63) is 0 Å². The van der Waals surface area contributed by atoms with Gasteiger partial charge in [-0.15, -0.1) is 0 Å². The summed E-state index contributed by atoms with van der Waals surface area (Å²) in [4.78, 5) is 0. The standard InChI is InChI=1S/C15H33NO2S/c1-13(2)14(3)12-18-9-7-10-19(17)11-8-16-15(4,5)6/h13-14,16H,7-12H2,1-6H3/t14-,19?/m0/s1. The minimum Gasteiger partial charge on any atom is -0.381 e. The van der Waals surface area contributed by atoms with E-state index in [0.717, 1.165) is 37.7 Å². The molecule has 0 saturated heterocycles. The van der Waals surface area contributed by atoms with E-state index in [1.807, 2.05) is 0 Å². The number of rotatable bonds is 10. The van der Waals surface area contributed by atoms with Crippen LogP contribution in [-0.4, -0.2) is 41.0 Å². The van der Waals surface area contributed by atoms with Gasteiger partial charge >= 0.3 is 0 Å². The predicted octanol–water partition coefficient (Wildman–Crippen LogP) is 2.82. The summed E-state index contributed by atoms with van der Waals surface area (Å²) < 4.78 is 17.4. The zero-order chi connectivity index (χ0) is 14.9. The molecule has 0 spiro atoms. The number of ether oxygens (including phenoxy) is 1. The minimum absolute atomic E-state index is 0.111. The summed E-state index contributed by atoms with van der Waals surface area (Å²) in [6.45, 7) is 15.4. The van der Waals surface area contributed by atoms with E-state index >= 15 is 0 Å².